The van der Waals surface area contributed by atoms with Crippen LogP contribution in [-0.4, -0.2) is 46.6 Å². The van der Waals surface area contributed by atoms with Gasteiger partial charge in [0, 0.05) is 13.1 Å². The Morgan fingerprint density at radius 1 is 1.44 bits per heavy atom. The lowest BCUT2D eigenvalue weighted by molar-refractivity contribution is 0.311. The second-order valence-electron chi connectivity index (χ2n) is 6.27. The lowest BCUT2D eigenvalue weighted by atomic mass is 10.1. The van der Waals surface area contributed by atoms with E-state index in [9.17, 15) is 0 Å². The molecule has 1 aliphatic rings. The highest BCUT2D eigenvalue weighted by atomic mass is 15.4. The van der Waals surface area contributed by atoms with Gasteiger partial charge in [-0.2, -0.15) is 0 Å². The SMILES string of the molecule is CNCC1CCN(Cc2cn(C(C)(C)C)nn2)C1. The fourth-order valence-corrected chi connectivity index (χ4v) is 2.44. The Labute approximate surface area is 110 Å². The van der Waals surface area contributed by atoms with Gasteiger partial charge in [-0.15, -0.1) is 5.10 Å². The molecule has 0 aliphatic carbocycles. The van der Waals surface area contributed by atoms with Gasteiger partial charge >= 0.3 is 0 Å². The standard InChI is InChI=1S/C13H25N5/c1-13(2,3)18-10-12(15-16-18)9-17-6-5-11(8-17)7-14-4/h10-11,14H,5-9H2,1-4H3. The van der Waals surface area contributed by atoms with Gasteiger partial charge in [0.2, 0.25) is 0 Å². The highest BCUT2D eigenvalue weighted by Gasteiger charge is 2.23. The van der Waals surface area contributed by atoms with E-state index in [0.29, 0.717) is 0 Å². The second kappa shape index (κ2) is 5.36. The third kappa shape index (κ3) is 3.29. The minimum absolute atomic E-state index is 0.0188. The molecule has 5 nitrogen and oxygen atoms in total. The largest absolute Gasteiger partial charge is 0.319 e. The summed E-state index contributed by atoms with van der Waals surface area (Å²) in [6.45, 7) is 10.8. The van der Waals surface area contributed by atoms with Crippen LogP contribution in [-0.2, 0) is 12.1 Å². The molecule has 0 radical (unpaired) electrons. The van der Waals surface area contributed by atoms with E-state index in [2.05, 4.69) is 47.5 Å². The van der Waals surface area contributed by atoms with Crippen molar-refractivity contribution >= 4 is 0 Å². The van der Waals surface area contributed by atoms with Crippen molar-refractivity contribution in [3.05, 3.63) is 11.9 Å². The second-order valence-corrected chi connectivity index (χ2v) is 6.27. The summed E-state index contributed by atoms with van der Waals surface area (Å²) >= 11 is 0. The van der Waals surface area contributed by atoms with E-state index >= 15 is 0 Å². The zero-order valence-corrected chi connectivity index (χ0v) is 12.0. The van der Waals surface area contributed by atoms with Crippen LogP contribution in [0.15, 0.2) is 6.20 Å². The molecule has 1 aromatic heterocycles. The van der Waals surface area contributed by atoms with Crippen LogP contribution in [0.4, 0.5) is 0 Å². The Bertz CT molecular complexity index is 379. The molecule has 2 rings (SSSR count). The molecule has 1 unspecified atom stereocenters. The van der Waals surface area contributed by atoms with Gasteiger partial charge in [0.1, 0.15) is 0 Å². The van der Waals surface area contributed by atoms with Crippen LogP contribution in [0.1, 0.15) is 32.9 Å². The summed E-state index contributed by atoms with van der Waals surface area (Å²) in [5.74, 6) is 0.785. The normalized spacial score (nSPS) is 21.7. The first-order valence-electron chi connectivity index (χ1n) is 6.77. The number of hydrogen-bond acceptors (Lipinski definition) is 4. The van der Waals surface area contributed by atoms with Crippen molar-refractivity contribution < 1.29 is 0 Å². The van der Waals surface area contributed by atoms with E-state index in [0.717, 1.165) is 24.7 Å². The molecule has 1 N–H and O–H groups in total. The van der Waals surface area contributed by atoms with E-state index in [1.165, 1.54) is 19.5 Å². The first-order valence-corrected chi connectivity index (χ1v) is 6.77. The summed E-state index contributed by atoms with van der Waals surface area (Å²) in [6, 6.07) is 0. The Balaban J connectivity index is 1.89. The molecule has 1 aliphatic heterocycles. The van der Waals surface area contributed by atoms with Crippen LogP contribution < -0.4 is 5.32 Å². The van der Waals surface area contributed by atoms with Crippen molar-refractivity contribution in [2.45, 2.75) is 39.3 Å². The molecule has 0 amide bonds. The summed E-state index contributed by atoms with van der Waals surface area (Å²) < 4.78 is 1.95. The fourth-order valence-electron chi connectivity index (χ4n) is 2.44. The van der Waals surface area contributed by atoms with Crippen molar-refractivity contribution in [3.63, 3.8) is 0 Å². The third-order valence-corrected chi connectivity index (χ3v) is 3.48. The molecule has 1 fully saturated rings. The maximum Gasteiger partial charge on any atom is 0.0967 e. The maximum atomic E-state index is 4.27. The van der Waals surface area contributed by atoms with Gasteiger partial charge in [-0.1, -0.05) is 5.21 Å². The molecular weight excluding hydrogens is 226 g/mol. The number of rotatable bonds is 4. The summed E-state index contributed by atoms with van der Waals surface area (Å²) in [5.41, 5.74) is 1.10. The van der Waals surface area contributed by atoms with Crippen LogP contribution in [0.25, 0.3) is 0 Å². The van der Waals surface area contributed by atoms with Gasteiger partial charge in [0.05, 0.1) is 17.4 Å². The molecule has 0 bridgehead atoms. The molecule has 2 heterocycles. The zero-order valence-electron chi connectivity index (χ0n) is 12.0. The van der Waals surface area contributed by atoms with Crippen LogP contribution in [0.3, 0.4) is 0 Å². The molecule has 0 saturated carbocycles. The van der Waals surface area contributed by atoms with Gasteiger partial charge in [-0.3, -0.25) is 4.90 Å². The molecule has 1 atom stereocenters. The van der Waals surface area contributed by atoms with Crippen molar-refractivity contribution in [2.24, 2.45) is 5.92 Å². The third-order valence-electron chi connectivity index (χ3n) is 3.48. The Morgan fingerprint density at radius 3 is 2.83 bits per heavy atom. The highest BCUT2D eigenvalue weighted by Crippen LogP contribution is 2.18. The van der Waals surface area contributed by atoms with Gasteiger partial charge in [0.15, 0.2) is 0 Å². The van der Waals surface area contributed by atoms with Gasteiger partial charge < -0.3 is 5.32 Å². The molecule has 0 aromatic carbocycles. The van der Waals surface area contributed by atoms with Crippen LogP contribution in [0.5, 0.6) is 0 Å². The van der Waals surface area contributed by atoms with Crippen molar-refractivity contribution in [1.29, 1.82) is 0 Å². The number of nitrogens with one attached hydrogen (secondary N) is 1. The summed E-state index contributed by atoms with van der Waals surface area (Å²) in [6.07, 6.45) is 3.36. The van der Waals surface area contributed by atoms with E-state index in [1.54, 1.807) is 0 Å². The number of nitrogens with zero attached hydrogens (tertiary/aromatic N) is 4. The number of likely N-dealkylation sites (tertiary alicyclic amines) is 1. The number of aromatic nitrogens is 3. The molecule has 1 aromatic rings. The van der Waals surface area contributed by atoms with Crippen LogP contribution >= 0.6 is 0 Å². The van der Waals surface area contributed by atoms with Crippen molar-refractivity contribution in [3.8, 4) is 0 Å². The minimum atomic E-state index is 0.0188. The van der Waals surface area contributed by atoms with Gasteiger partial charge in [0.25, 0.3) is 0 Å². The van der Waals surface area contributed by atoms with Crippen LogP contribution in [0.2, 0.25) is 0 Å². The maximum absolute atomic E-state index is 4.27. The fraction of sp³-hybridized carbons (Fsp3) is 0.846. The van der Waals surface area contributed by atoms with E-state index < -0.39 is 0 Å². The topological polar surface area (TPSA) is 46.0 Å². The van der Waals surface area contributed by atoms with Gasteiger partial charge in [-0.05, 0) is 53.2 Å². The zero-order chi connectivity index (χ0) is 13.2. The predicted molar refractivity (Wildman–Crippen MR) is 72.3 cm³/mol. The van der Waals surface area contributed by atoms with E-state index in [4.69, 9.17) is 0 Å². The summed E-state index contributed by atoms with van der Waals surface area (Å²) in [4.78, 5) is 2.47. The van der Waals surface area contributed by atoms with E-state index in [1.807, 2.05) is 11.7 Å². The molecular formula is C13H25N5. The Hall–Kier alpha value is -0.940. The minimum Gasteiger partial charge on any atom is -0.319 e. The van der Waals surface area contributed by atoms with E-state index in [-0.39, 0.29) is 5.54 Å². The summed E-state index contributed by atoms with van der Waals surface area (Å²) in [5, 5.41) is 11.7. The van der Waals surface area contributed by atoms with Crippen molar-refractivity contribution in [2.75, 3.05) is 26.7 Å². The molecule has 0 spiro atoms. The smallest absolute Gasteiger partial charge is 0.0967 e. The number of hydrogen-bond donors (Lipinski definition) is 1. The Morgan fingerprint density at radius 2 is 2.22 bits per heavy atom. The average Bonchev–Trinajstić information content (AvgIpc) is 2.88. The monoisotopic (exact) mass is 251 g/mol. The lowest BCUT2D eigenvalue weighted by Crippen LogP contribution is -2.24. The molecule has 102 valence electrons. The van der Waals surface area contributed by atoms with Crippen molar-refractivity contribution in [1.82, 2.24) is 25.2 Å². The molecule has 1 saturated heterocycles. The summed E-state index contributed by atoms with van der Waals surface area (Å²) in [7, 11) is 2.03. The highest BCUT2D eigenvalue weighted by molar-refractivity contribution is 4.95. The average molecular weight is 251 g/mol. The first-order chi connectivity index (χ1) is 8.49. The van der Waals surface area contributed by atoms with Crippen LogP contribution in [0, 0.1) is 5.92 Å². The molecule has 5 heteroatoms. The quantitative estimate of drug-likeness (QED) is 0.869. The lowest BCUT2D eigenvalue weighted by Gasteiger charge is -2.17. The molecule has 18 heavy (non-hydrogen) atoms. The van der Waals surface area contributed by atoms with Gasteiger partial charge in [-0.25, -0.2) is 4.68 Å². The first kappa shape index (κ1) is 13.5. The predicted octanol–water partition coefficient (Wildman–Crippen LogP) is 1.07. The Kier molecular flexibility index (Phi) is 4.02.